The number of fused-ring (bicyclic) bond motifs is 5. The number of anilines is 1. The van der Waals surface area contributed by atoms with E-state index in [4.69, 9.17) is 0 Å². The Balaban J connectivity index is 1.64. The third kappa shape index (κ3) is 2.24. The molecule has 3 atom stereocenters. The van der Waals surface area contributed by atoms with Gasteiger partial charge in [0.25, 0.3) is 0 Å². The summed E-state index contributed by atoms with van der Waals surface area (Å²) in [7, 11) is 0. The molecular formula is C26H20FN. The zero-order valence-corrected chi connectivity index (χ0v) is 15.4. The Bertz CT molecular complexity index is 1200. The minimum absolute atomic E-state index is 0.159. The Morgan fingerprint density at radius 2 is 1.54 bits per heavy atom. The van der Waals surface area contributed by atoms with Crippen molar-refractivity contribution in [1.29, 1.82) is 0 Å². The van der Waals surface area contributed by atoms with Crippen LogP contribution >= 0.6 is 0 Å². The molecule has 4 aromatic rings. The summed E-state index contributed by atoms with van der Waals surface area (Å²) in [5.74, 6) is 0.492. The first-order valence-corrected chi connectivity index (χ1v) is 9.92. The zero-order valence-electron chi connectivity index (χ0n) is 15.4. The van der Waals surface area contributed by atoms with Crippen molar-refractivity contribution in [3.63, 3.8) is 0 Å². The molecule has 0 saturated carbocycles. The molecule has 1 aliphatic heterocycles. The summed E-state index contributed by atoms with van der Waals surface area (Å²) in [4.78, 5) is 0. The Morgan fingerprint density at radius 3 is 2.29 bits per heavy atom. The highest BCUT2D eigenvalue weighted by Gasteiger charge is 2.39. The van der Waals surface area contributed by atoms with Gasteiger partial charge in [-0.05, 0) is 69.3 Å². The van der Waals surface area contributed by atoms with E-state index in [1.807, 2.05) is 6.07 Å². The molecule has 0 amide bonds. The van der Waals surface area contributed by atoms with Gasteiger partial charge in [0.05, 0.1) is 6.04 Å². The largest absolute Gasteiger partial charge is 0.378 e. The lowest BCUT2D eigenvalue weighted by Crippen LogP contribution is -2.29. The topological polar surface area (TPSA) is 12.0 Å². The van der Waals surface area contributed by atoms with E-state index in [0.29, 0.717) is 5.92 Å². The van der Waals surface area contributed by atoms with Crippen molar-refractivity contribution in [3.8, 4) is 0 Å². The molecule has 4 aromatic carbocycles. The van der Waals surface area contributed by atoms with Gasteiger partial charge in [-0.2, -0.15) is 0 Å². The quantitative estimate of drug-likeness (QED) is 0.284. The van der Waals surface area contributed by atoms with E-state index in [2.05, 4.69) is 72.1 Å². The minimum Gasteiger partial charge on any atom is -0.378 e. The predicted octanol–water partition coefficient (Wildman–Crippen LogP) is 6.96. The van der Waals surface area contributed by atoms with E-state index in [1.165, 1.54) is 27.1 Å². The maximum absolute atomic E-state index is 13.9. The zero-order chi connectivity index (χ0) is 18.7. The fourth-order valence-electron chi connectivity index (χ4n) is 5.23. The molecule has 3 unspecified atom stereocenters. The van der Waals surface area contributed by atoms with Crippen LogP contribution < -0.4 is 5.32 Å². The fourth-order valence-corrected chi connectivity index (χ4v) is 5.23. The van der Waals surface area contributed by atoms with Crippen molar-refractivity contribution in [1.82, 2.24) is 0 Å². The standard InChI is InChI=1S/C26H20FN/c27-18-12-13-24-23(15-18)21-10-5-11-22(21)26(28-24)25-19-8-3-1-6-16(19)14-17-7-2-4-9-20(17)25/h1-10,12-15,21-22,26,28H,11H2. The highest BCUT2D eigenvalue weighted by molar-refractivity contribution is 6.03. The van der Waals surface area contributed by atoms with Crippen LogP contribution in [0.2, 0.25) is 0 Å². The second-order valence-electron chi connectivity index (χ2n) is 7.94. The first-order valence-electron chi connectivity index (χ1n) is 9.92. The van der Waals surface area contributed by atoms with Crippen LogP contribution in [0, 0.1) is 11.7 Å². The van der Waals surface area contributed by atoms with Crippen molar-refractivity contribution >= 4 is 27.2 Å². The van der Waals surface area contributed by atoms with E-state index in [1.54, 1.807) is 12.1 Å². The second-order valence-corrected chi connectivity index (χ2v) is 7.94. The summed E-state index contributed by atoms with van der Waals surface area (Å²) in [5, 5.41) is 8.93. The smallest absolute Gasteiger partial charge is 0.123 e. The summed E-state index contributed by atoms with van der Waals surface area (Å²) in [6.45, 7) is 0. The van der Waals surface area contributed by atoms with Crippen LogP contribution in [0.4, 0.5) is 10.1 Å². The van der Waals surface area contributed by atoms with Crippen molar-refractivity contribution in [2.75, 3.05) is 5.32 Å². The minimum atomic E-state index is -0.159. The van der Waals surface area contributed by atoms with Crippen molar-refractivity contribution in [2.24, 2.45) is 5.92 Å². The molecule has 0 fully saturated rings. The van der Waals surface area contributed by atoms with Crippen LogP contribution in [-0.2, 0) is 0 Å². The number of rotatable bonds is 1. The summed E-state index contributed by atoms with van der Waals surface area (Å²) in [6, 6.07) is 24.9. The van der Waals surface area contributed by atoms with Gasteiger partial charge in [0.15, 0.2) is 0 Å². The normalized spacial score (nSPS) is 22.8. The molecule has 0 bridgehead atoms. The van der Waals surface area contributed by atoms with E-state index in [0.717, 1.165) is 17.7 Å². The summed E-state index contributed by atoms with van der Waals surface area (Å²) in [5.41, 5.74) is 3.50. The molecule has 0 aromatic heterocycles. The molecule has 136 valence electrons. The van der Waals surface area contributed by atoms with Gasteiger partial charge in [0.2, 0.25) is 0 Å². The Kier molecular flexibility index (Phi) is 3.37. The van der Waals surface area contributed by atoms with Crippen LogP contribution in [0.15, 0.2) is 84.9 Å². The molecule has 1 aliphatic carbocycles. The number of allylic oxidation sites excluding steroid dienone is 2. The first-order chi connectivity index (χ1) is 13.8. The average Bonchev–Trinajstić information content (AvgIpc) is 3.22. The van der Waals surface area contributed by atoms with E-state index >= 15 is 0 Å². The molecule has 28 heavy (non-hydrogen) atoms. The van der Waals surface area contributed by atoms with Gasteiger partial charge in [-0.3, -0.25) is 0 Å². The molecular weight excluding hydrogens is 345 g/mol. The van der Waals surface area contributed by atoms with E-state index < -0.39 is 0 Å². The number of hydrogen-bond acceptors (Lipinski definition) is 1. The van der Waals surface area contributed by atoms with Gasteiger partial charge < -0.3 is 5.32 Å². The van der Waals surface area contributed by atoms with Gasteiger partial charge >= 0.3 is 0 Å². The first kappa shape index (κ1) is 15.9. The lowest BCUT2D eigenvalue weighted by Gasteiger charge is -2.38. The van der Waals surface area contributed by atoms with Gasteiger partial charge in [0.1, 0.15) is 5.82 Å². The van der Waals surface area contributed by atoms with E-state index in [-0.39, 0.29) is 17.8 Å². The summed E-state index contributed by atoms with van der Waals surface area (Å²) in [6.07, 6.45) is 5.54. The lowest BCUT2D eigenvalue weighted by atomic mass is 9.75. The third-order valence-corrected chi connectivity index (χ3v) is 6.45. The van der Waals surface area contributed by atoms with Crippen molar-refractivity contribution < 1.29 is 4.39 Å². The molecule has 2 heteroatoms. The maximum atomic E-state index is 13.9. The third-order valence-electron chi connectivity index (χ3n) is 6.45. The van der Waals surface area contributed by atoms with Crippen molar-refractivity contribution in [3.05, 3.63) is 102 Å². The van der Waals surface area contributed by atoms with Gasteiger partial charge in [-0.25, -0.2) is 4.39 Å². The fraction of sp³-hybridized carbons (Fsp3) is 0.154. The average molecular weight is 365 g/mol. The molecule has 1 heterocycles. The van der Waals surface area contributed by atoms with E-state index in [9.17, 15) is 4.39 Å². The van der Waals surface area contributed by atoms with Crippen LogP contribution in [0.3, 0.4) is 0 Å². The van der Waals surface area contributed by atoms with Gasteiger partial charge in [-0.15, -0.1) is 0 Å². The van der Waals surface area contributed by atoms with Crippen LogP contribution in [-0.4, -0.2) is 0 Å². The van der Waals surface area contributed by atoms with Gasteiger partial charge in [0, 0.05) is 11.6 Å². The van der Waals surface area contributed by atoms with Gasteiger partial charge in [-0.1, -0.05) is 60.7 Å². The number of hydrogen-bond donors (Lipinski definition) is 1. The Labute approximate surface area is 163 Å². The monoisotopic (exact) mass is 365 g/mol. The molecule has 0 radical (unpaired) electrons. The molecule has 0 spiro atoms. The summed E-state index contributed by atoms with van der Waals surface area (Å²) >= 11 is 0. The Hall–Kier alpha value is -3.13. The predicted molar refractivity (Wildman–Crippen MR) is 114 cm³/mol. The highest BCUT2D eigenvalue weighted by Crippen LogP contribution is 2.52. The van der Waals surface area contributed by atoms with Crippen LogP contribution in [0.25, 0.3) is 21.5 Å². The SMILES string of the molecule is Fc1ccc2c(c1)C1C=CCC1C(c1c3ccccc3cc3ccccc13)N2. The van der Waals surface area contributed by atoms with Crippen LogP contribution in [0.1, 0.15) is 29.5 Å². The molecule has 1 N–H and O–H groups in total. The number of nitrogens with one attached hydrogen (secondary N) is 1. The molecule has 6 rings (SSSR count). The molecule has 1 nitrogen and oxygen atoms in total. The van der Waals surface area contributed by atoms with Crippen molar-refractivity contribution in [2.45, 2.75) is 18.4 Å². The second kappa shape index (κ2) is 5.93. The van der Waals surface area contributed by atoms with Crippen LogP contribution in [0.5, 0.6) is 0 Å². The maximum Gasteiger partial charge on any atom is 0.123 e. The number of benzene rings is 4. The molecule has 2 aliphatic rings. The lowest BCUT2D eigenvalue weighted by molar-refractivity contribution is 0.427. The number of halogens is 1. The highest BCUT2D eigenvalue weighted by atomic mass is 19.1. The molecule has 0 saturated heterocycles. The summed E-state index contributed by atoms with van der Waals surface area (Å²) < 4.78 is 13.9. The Morgan fingerprint density at radius 1 is 0.821 bits per heavy atom.